The topological polar surface area (TPSA) is 55.6 Å². The number of pyridine rings is 1. The summed E-state index contributed by atoms with van der Waals surface area (Å²) in [6.45, 7) is 2.02. The highest BCUT2D eigenvalue weighted by molar-refractivity contribution is 7.20. The smallest absolute Gasteiger partial charge is 0.155 e. The Morgan fingerprint density at radius 2 is 2.19 bits per heavy atom. The maximum absolute atomic E-state index is 6.16. The summed E-state index contributed by atoms with van der Waals surface area (Å²) >= 11 is 13.5. The van der Waals surface area contributed by atoms with Crippen LogP contribution < -0.4 is 5.32 Å². The average Bonchev–Trinajstić information content (AvgIpc) is 3.09. The van der Waals surface area contributed by atoms with Crippen LogP contribution in [0.15, 0.2) is 37.1 Å². The Labute approximate surface area is 135 Å². The zero-order chi connectivity index (χ0) is 14.8. The first-order valence-electron chi connectivity index (χ1n) is 6.16. The molecule has 21 heavy (non-hydrogen) atoms. The molecule has 8 heteroatoms. The lowest BCUT2D eigenvalue weighted by atomic mass is 10.2. The van der Waals surface area contributed by atoms with Crippen LogP contribution in [0.25, 0.3) is 5.82 Å². The molecule has 1 N–H and O–H groups in total. The molecule has 3 aromatic heterocycles. The molecule has 0 saturated carbocycles. The van der Waals surface area contributed by atoms with E-state index in [1.165, 1.54) is 17.7 Å². The second kappa shape index (κ2) is 6.01. The number of aromatic nitrogens is 4. The van der Waals surface area contributed by atoms with Crippen molar-refractivity contribution in [2.24, 2.45) is 0 Å². The highest BCUT2D eigenvalue weighted by Crippen LogP contribution is 2.35. The average molecular weight is 340 g/mol. The molecule has 108 valence electrons. The van der Waals surface area contributed by atoms with E-state index < -0.39 is 0 Å². The molecule has 0 aromatic carbocycles. The van der Waals surface area contributed by atoms with E-state index >= 15 is 0 Å². The molecule has 3 rings (SSSR count). The minimum absolute atomic E-state index is 0.0419. The molecule has 1 unspecified atom stereocenters. The van der Waals surface area contributed by atoms with Crippen molar-refractivity contribution in [3.63, 3.8) is 0 Å². The quantitative estimate of drug-likeness (QED) is 0.773. The first-order chi connectivity index (χ1) is 10.1. The molecule has 0 bridgehead atoms. The Morgan fingerprint density at radius 3 is 2.76 bits per heavy atom. The Morgan fingerprint density at radius 1 is 1.33 bits per heavy atom. The third kappa shape index (κ3) is 3.18. The summed E-state index contributed by atoms with van der Waals surface area (Å²) in [5.41, 5.74) is 1.87. The van der Waals surface area contributed by atoms with Gasteiger partial charge in [-0.15, -0.1) is 11.3 Å². The summed E-state index contributed by atoms with van der Waals surface area (Å²) in [4.78, 5) is 8.23. The van der Waals surface area contributed by atoms with E-state index in [1.54, 1.807) is 17.2 Å². The molecule has 0 saturated heterocycles. The molecule has 5 nitrogen and oxygen atoms in total. The van der Waals surface area contributed by atoms with Gasteiger partial charge in [0.15, 0.2) is 5.82 Å². The van der Waals surface area contributed by atoms with Gasteiger partial charge in [0.25, 0.3) is 0 Å². The van der Waals surface area contributed by atoms with E-state index in [4.69, 9.17) is 23.2 Å². The Balaban J connectivity index is 1.74. The van der Waals surface area contributed by atoms with Crippen LogP contribution in [0.1, 0.15) is 18.5 Å². The summed E-state index contributed by atoms with van der Waals surface area (Å²) < 4.78 is 2.98. The maximum atomic E-state index is 6.16. The summed E-state index contributed by atoms with van der Waals surface area (Å²) in [6, 6.07) is 5.72. The molecule has 0 aliphatic carbocycles. The molecule has 0 radical (unpaired) electrons. The van der Waals surface area contributed by atoms with Crippen LogP contribution in [0.2, 0.25) is 8.67 Å². The molecule has 3 aromatic rings. The highest BCUT2D eigenvalue weighted by atomic mass is 35.5. The van der Waals surface area contributed by atoms with Gasteiger partial charge < -0.3 is 5.32 Å². The van der Waals surface area contributed by atoms with E-state index in [2.05, 4.69) is 20.4 Å². The van der Waals surface area contributed by atoms with Crippen molar-refractivity contribution in [2.45, 2.75) is 13.0 Å². The number of nitrogens with one attached hydrogen (secondary N) is 1. The molecule has 0 fully saturated rings. The van der Waals surface area contributed by atoms with Gasteiger partial charge in [0.05, 0.1) is 26.6 Å². The SMILES string of the molecule is CC(Nc1ccc(-n2cncn2)nc1)c1cc(Cl)sc1Cl. The Bertz CT molecular complexity index is 724. The van der Waals surface area contributed by atoms with Crippen LogP contribution in [0.5, 0.6) is 0 Å². The molecule has 0 aliphatic heterocycles. The summed E-state index contributed by atoms with van der Waals surface area (Å²) in [5.74, 6) is 0.710. The van der Waals surface area contributed by atoms with Crippen molar-refractivity contribution in [3.8, 4) is 5.82 Å². The fourth-order valence-electron chi connectivity index (χ4n) is 1.91. The van der Waals surface area contributed by atoms with Crippen LogP contribution >= 0.6 is 34.5 Å². The van der Waals surface area contributed by atoms with Gasteiger partial charge in [0.1, 0.15) is 12.7 Å². The van der Waals surface area contributed by atoms with Gasteiger partial charge in [-0.3, -0.25) is 0 Å². The number of hydrogen-bond donors (Lipinski definition) is 1. The van der Waals surface area contributed by atoms with Crippen molar-refractivity contribution < 1.29 is 0 Å². The summed E-state index contributed by atoms with van der Waals surface area (Å²) in [7, 11) is 0. The number of halogens is 2. The lowest BCUT2D eigenvalue weighted by molar-refractivity contribution is 0.841. The van der Waals surface area contributed by atoms with Crippen molar-refractivity contribution in [1.82, 2.24) is 19.7 Å². The van der Waals surface area contributed by atoms with Crippen LogP contribution in [0, 0.1) is 0 Å². The van der Waals surface area contributed by atoms with Gasteiger partial charge in [-0.1, -0.05) is 23.2 Å². The molecule has 0 amide bonds. The molecular formula is C13H11Cl2N5S. The van der Waals surface area contributed by atoms with Crippen molar-refractivity contribution in [3.05, 3.63) is 51.3 Å². The van der Waals surface area contributed by atoms with Crippen LogP contribution in [-0.4, -0.2) is 19.7 Å². The Hall–Kier alpha value is -1.63. The van der Waals surface area contributed by atoms with Crippen molar-refractivity contribution in [1.29, 1.82) is 0 Å². The van der Waals surface area contributed by atoms with Gasteiger partial charge in [0, 0.05) is 5.56 Å². The van der Waals surface area contributed by atoms with Gasteiger partial charge in [-0.25, -0.2) is 14.6 Å². The number of rotatable bonds is 4. The number of nitrogens with zero attached hydrogens (tertiary/aromatic N) is 4. The molecule has 3 heterocycles. The number of anilines is 1. The van der Waals surface area contributed by atoms with E-state index in [9.17, 15) is 0 Å². The molecule has 0 aliphatic rings. The minimum atomic E-state index is 0.0419. The third-order valence-corrected chi connectivity index (χ3v) is 4.45. The second-order valence-electron chi connectivity index (χ2n) is 4.39. The predicted molar refractivity (Wildman–Crippen MR) is 85.5 cm³/mol. The fourth-order valence-corrected chi connectivity index (χ4v) is 3.56. The standard InChI is InChI=1S/C13H11Cl2N5S/c1-8(10-4-11(14)21-13(10)15)19-9-2-3-12(17-5-9)20-7-16-6-18-20/h2-8,19H,1H3. The number of thiophene rings is 1. The van der Waals surface area contributed by atoms with Gasteiger partial charge in [-0.05, 0) is 25.1 Å². The maximum Gasteiger partial charge on any atom is 0.155 e. The molecule has 0 spiro atoms. The number of hydrogen-bond acceptors (Lipinski definition) is 5. The van der Waals surface area contributed by atoms with Crippen LogP contribution in [0.3, 0.4) is 0 Å². The summed E-state index contributed by atoms with van der Waals surface area (Å²) in [6.07, 6.45) is 4.82. The fraction of sp³-hybridized carbons (Fsp3) is 0.154. The first kappa shape index (κ1) is 14.3. The van der Waals surface area contributed by atoms with E-state index in [0.29, 0.717) is 14.5 Å². The van der Waals surface area contributed by atoms with E-state index in [0.717, 1.165) is 11.3 Å². The minimum Gasteiger partial charge on any atom is -0.377 e. The zero-order valence-electron chi connectivity index (χ0n) is 11.0. The van der Waals surface area contributed by atoms with E-state index in [1.807, 2.05) is 25.1 Å². The van der Waals surface area contributed by atoms with Crippen molar-refractivity contribution >= 4 is 40.2 Å². The monoisotopic (exact) mass is 339 g/mol. The predicted octanol–water partition coefficient (Wildman–Crippen LogP) is 4.20. The van der Waals surface area contributed by atoms with Gasteiger partial charge in [0.2, 0.25) is 0 Å². The molecule has 1 atom stereocenters. The normalized spacial score (nSPS) is 12.3. The van der Waals surface area contributed by atoms with Crippen LogP contribution in [-0.2, 0) is 0 Å². The van der Waals surface area contributed by atoms with Crippen LogP contribution in [0.4, 0.5) is 5.69 Å². The van der Waals surface area contributed by atoms with E-state index in [-0.39, 0.29) is 6.04 Å². The van der Waals surface area contributed by atoms with Gasteiger partial charge >= 0.3 is 0 Å². The third-order valence-electron chi connectivity index (χ3n) is 2.93. The lowest BCUT2D eigenvalue weighted by Crippen LogP contribution is -2.07. The first-order valence-corrected chi connectivity index (χ1v) is 7.73. The van der Waals surface area contributed by atoms with Crippen molar-refractivity contribution in [2.75, 3.05) is 5.32 Å². The lowest BCUT2D eigenvalue weighted by Gasteiger charge is -2.14. The largest absolute Gasteiger partial charge is 0.377 e. The zero-order valence-corrected chi connectivity index (χ0v) is 13.3. The summed E-state index contributed by atoms with van der Waals surface area (Å²) in [5, 5.41) is 7.37. The molecular weight excluding hydrogens is 329 g/mol. The second-order valence-corrected chi connectivity index (χ2v) is 6.68. The highest BCUT2D eigenvalue weighted by Gasteiger charge is 2.13. The van der Waals surface area contributed by atoms with Gasteiger partial charge in [-0.2, -0.15) is 5.10 Å². The Kier molecular flexibility index (Phi) is 4.10.